The van der Waals surface area contributed by atoms with E-state index in [2.05, 4.69) is 17.1 Å². The lowest BCUT2D eigenvalue weighted by Crippen LogP contribution is -2.37. The van der Waals surface area contributed by atoms with Crippen LogP contribution in [0.15, 0.2) is 53.1 Å². The quantitative estimate of drug-likeness (QED) is 0.578. The van der Waals surface area contributed by atoms with E-state index in [0.717, 1.165) is 23.3 Å². The Balaban J connectivity index is 1.64. The third-order valence-electron chi connectivity index (χ3n) is 4.55. The first-order chi connectivity index (χ1) is 14.0. The maximum absolute atomic E-state index is 12.7. The van der Waals surface area contributed by atoms with E-state index >= 15 is 0 Å². The van der Waals surface area contributed by atoms with Gasteiger partial charge in [-0.25, -0.2) is 0 Å². The molecular formula is C22H25N3O4. The van der Waals surface area contributed by atoms with E-state index in [1.54, 1.807) is 21.1 Å². The van der Waals surface area contributed by atoms with E-state index in [9.17, 15) is 4.79 Å². The van der Waals surface area contributed by atoms with Crippen molar-refractivity contribution < 1.29 is 18.8 Å². The second-order valence-electron chi connectivity index (χ2n) is 6.66. The van der Waals surface area contributed by atoms with E-state index in [1.165, 1.54) is 4.90 Å². The molecular weight excluding hydrogens is 370 g/mol. The van der Waals surface area contributed by atoms with Gasteiger partial charge in [-0.3, -0.25) is 4.79 Å². The second-order valence-corrected chi connectivity index (χ2v) is 6.66. The number of benzene rings is 2. The molecule has 2 aromatic carbocycles. The Labute approximate surface area is 170 Å². The van der Waals surface area contributed by atoms with Crippen LogP contribution >= 0.6 is 0 Å². The Bertz CT molecular complexity index is 970. The Morgan fingerprint density at radius 2 is 2.00 bits per heavy atom. The number of amides is 1. The largest absolute Gasteiger partial charge is 0.497 e. The van der Waals surface area contributed by atoms with Crippen LogP contribution in [0.5, 0.6) is 11.5 Å². The maximum Gasteiger partial charge on any atom is 0.263 e. The number of hydrogen-bond donors (Lipinski definition) is 0. The summed E-state index contributed by atoms with van der Waals surface area (Å²) < 4.78 is 16.4. The average Bonchev–Trinajstić information content (AvgIpc) is 3.22. The van der Waals surface area contributed by atoms with Crippen LogP contribution in [-0.4, -0.2) is 41.2 Å². The number of nitrogens with zero attached hydrogens (tertiary/aromatic N) is 3. The molecule has 1 heterocycles. The van der Waals surface area contributed by atoms with Crippen LogP contribution in [-0.2, 0) is 17.8 Å². The number of methoxy groups -OCH3 is 1. The molecule has 1 atom stereocenters. The van der Waals surface area contributed by atoms with Gasteiger partial charge in [0.2, 0.25) is 11.7 Å². The molecule has 7 nitrogen and oxygen atoms in total. The van der Waals surface area contributed by atoms with Crippen LogP contribution in [0.4, 0.5) is 0 Å². The highest BCUT2D eigenvalue weighted by Crippen LogP contribution is 2.22. The molecule has 0 N–H and O–H groups in total. The number of para-hydroxylation sites is 1. The summed E-state index contributed by atoms with van der Waals surface area (Å²) in [6, 6.07) is 15.1. The van der Waals surface area contributed by atoms with E-state index in [1.807, 2.05) is 48.5 Å². The molecule has 1 amide bonds. The molecule has 29 heavy (non-hydrogen) atoms. The number of ether oxygens (including phenoxy) is 2. The van der Waals surface area contributed by atoms with Gasteiger partial charge in [-0.15, -0.1) is 0 Å². The topological polar surface area (TPSA) is 77.7 Å². The Morgan fingerprint density at radius 1 is 1.21 bits per heavy atom. The molecule has 0 bridgehead atoms. The van der Waals surface area contributed by atoms with E-state index in [-0.39, 0.29) is 12.5 Å². The SMILES string of the molecule is CCc1ccccc1O[C@@H](C)C(=O)N(C)Cc1nc(-c2cccc(OC)c2)no1. The Hall–Kier alpha value is -3.35. The molecule has 0 saturated carbocycles. The van der Waals surface area contributed by atoms with Gasteiger partial charge < -0.3 is 18.9 Å². The van der Waals surface area contributed by atoms with Gasteiger partial charge in [-0.2, -0.15) is 4.98 Å². The molecule has 0 saturated heterocycles. The lowest BCUT2D eigenvalue weighted by molar-refractivity contribution is -0.137. The van der Waals surface area contributed by atoms with Gasteiger partial charge in [0.1, 0.15) is 11.5 Å². The summed E-state index contributed by atoms with van der Waals surface area (Å²) >= 11 is 0. The highest BCUT2D eigenvalue weighted by molar-refractivity contribution is 5.80. The molecule has 0 unspecified atom stereocenters. The van der Waals surface area contributed by atoms with Crippen LogP contribution < -0.4 is 9.47 Å². The lowest BCUT2D eigenvalue weighted by Gasteiger charge is -2.21. The molecule has 0 aliphatic heterocycles. The summed E-state index contributed by atoms with van der Waals surface area (Å²) in [5, 5.41) is 4.00. The first-order valence-electron chi connectivity index (χ1n) is 9.48. The number of aromatic nitrogens is 2. The highest BCUT2D eigenvalue weighted by Gasteiger charge is 2.22. The van der Waals surface area contributed by atoms with Crippen molar-refractivity contribution in [1.82, 2.24) is 15.0 Å². The molecule has 0 aliphatic carbocycles. The Kier molecular flexibility index (Phi) is 6.49. The summed E-state index contributed by atoms with van der Waals surface area (Å²) in [5.74, 6) is 2.06. The van der Waals surface area contributed by atoms with Gasteiger partial charge in [0.15, 0.2) is 6.10 Å². The minimum atomic E-state index is -0.631. The first-order valence-corrected chi connectivity index (χ1v) is 9.48. The predicted molar refractivity (Wildman–Crippen MR) is 109 cm³/mol. The molecule has 0 radical (unpaired) electrons. The fourth-order valence-electron chi connectivity index (χ4n) is 2.94. The molecule has 1 aromatic heterocycles. The number of hydrogen-bond acceptors (Lipinski definition) is 6. The van der Waals surface area contributed by atoms with Crippen LogP contribution in [0.2, 0.25) is 0 Å². The van der Waals surface area contributed by atoms with E-state index < -0.39 is 6.10 Å². The van der Waals surface area contributed by atoms with Crippen molar-refractivity contribution in [2.75, 3.05) is 14.2 Å². The molecule has 0 spiro atoms. The molecule has 0 aliphatic rings. The standard InChI is InChI=1S/C22H25N3O4/c1-5-16-9-6-7-12-19(16)28-15(2)22(26)25(3)14-20-23-21(24-29-20)17-10-8-11-18(13-17)27-4/h6-13,15H,5,14H2,1-4H3/t15-/m0/s1. The summed E-state index contributed by atoms with van der Waals surface area (Å²) in [5.41, 5.74) is 1.84. The van der Waals surface area contributed by atoms with E-state index in [0.29, 0.717) is 17.5 Å². The number of rotatable bonds is 8. The van der Waals surface area contributed by atoms with Gasteiger partial charge in [0.25, 0.3) is 5.91 Å². The van der Waals surface area contributed by atoms with Crippen molar-refractivity contribution in [3.05, 3.63) is 60.0 Å². The zero-order valence-electron chi connectivity index (χ0n) is 17.1. The number of aryl methyl sites for hydroxylation is 1. The van der Waals surface area contributed by atoms with Crippen molar-refractivity contribution in [2.24, 2.45) is 0 Å². The minimum Gasteiger partial charge on any atom is -0.497 e. The van der Waals surface area contributed by atoms with Crippen LogP contribution in [0, 0.1) is 0 Å². The molecule has 3 rings (SSSR count). The summed E-state index contributed by atoms with van der Waals surface area (Å²) in [6.07, 6.45) is 0.204. The number of carbonyl (C=O) groups is 1. The van der Waals surface area contributed by atoms with Crippen molar-refractivity contribution in [3.63, 3.8) is 0 Å². The predicted octanol–water partition coefficient (Wildman–Crippen LogP) is 3.73. The minimum absolute atomic E-state index is 0.169. The fraction of sp³-hybridized carbons (Fsp3) is 0.318. The van der Waals surface area contributed by atoms with Crippen LogP contribution in [0.1, 0.15) is 25.3 Å². The third kappa shape index (κ3) is 4.93. The highest BCUT2D eigenvalue weighted by atomic mass is 16.5. The molecule has 7 heteroatoms. The molecule has 0 fully saturated rings. The van der Waals surface area contributed by atoms with Gasteiger partial charge in [0.05, 0.1) is 13.7 Å². The smallest absolute Gasteiger partial charge is 0.263 e. The van der Waals surface area contributed by atoms with Gasteiger partial charge in [-0.1, -0.05) is 42.4 Å². The molecule has 152 valence electrons. The maximum atomic E-state index is 12.7. The van der Waals surface area contributed by atoms with Crippen molar-refractivity contribution in [2.45, 2.75) is 32.9 Å². The van der Waals surface area contributed by atoms with Crippen LogP contribution in [0.3, 0.4) is 0 Å². The summed E-state index contributed by atoms with van der Waals surface area (Å²) in [7, 11) is 3.28. The molecule has 3 aromatic rings. The van der Waals surface area contributed by atoms with Crippen molar-refractivity contribution in [1.29, 1.82) is 0 Å². The normalized spacial score (nSPS) is 11.7. The van der Waals surface area contributed by atoms with Crippen molar-refractivity contribution >= 4 is 5.91 Å². The van der Waals surface area contributed by atoms with E-state index in [4.69, 9.17) is 14.0 Å². The monoisotopic (exact) mass is 395 g/mol. The van der Waals surface area contributed by atoms with Crippen LogP contribution in [0.25, 0.3) is 11.4 Å². The fourth-order valence-corrected chi connectivity index (χ4v) is 2.94. The summed E-state index contributed by atoms with van der Waals surface area (Å²) in [4.78, 5) is 18.6. The first kappa shape index (κ1) is 20.4. The third-order valence-corrected chi connectivity index (χ3v) is 4.55. The zero-order valence-corrected chi connectivity index (χ0v) is 17.1. The number of carbonyl (C=O) groups excluding carboxylic acids is 1. The van der Waals surface area contributed by atoms with Gasteiger partial charge >= 0.3 is 0 Å². The second kappa shape index (κ2) is 9.23. The lowest BCUT2D eigenvalue weighted by atomic mass is 10.1. The number of likely N-dealkylation sites (N-methyl/N-ethyl adjacent to an activating group) is 1. The van der Waals surface area contributed by atoms with Gasteiger partial charge in [-0.05, 0) is 37.1 Å². The summed E-state index contributed by atoms with van der Waals surface area (Å²) in [6.45, 7) is 3.98. The van der Waals surface area contributed by atoms with Crippen molar-refractivity contribution in [3.8, 4) is 22.9 Å². The Morgan fingerprint density at radius 3 is 2.76 bits per heavy atom. The zero-order chi connectivity index (χ0) is 20.8. The average molecular weight is 395 g/mol. The van der Waals surface area contributed by atoms with Gasteiger partial charge in [0, 0.05) is 12.6 Å².